The maximum atomic E-state index is 12.6. The van der Waals surface area contributed by atoms with Crippen LogP contribution in [0.15, 0.2) is 40.3 Å². The fourth-order valence-corrected chi connectivity index (χ4v) is 3.48. The fourth-order valence-electron chi connectivity index (χ4n) is 2.50. The van der Waals surface area contributed by atoms with E-state index in [0.717, 1.165) is 6.21 Å². The van der Waals surface area contributed by atoms with E-state index in [0.29, 0.717) is 5.75 Å². The Bertz CT molecular complexity index is 1050. The van der Waals surface area contributed by atoms with Gasteiger partial charge in [-0.15, -0.1) is 0 Å². The Morgan fingerprint density at radius 1 is 1.10 bits per heavy atom. The Hall–Kier alpha value is -3.54. The number of sulfonamides is 1. The molecule has 0 unspecified atom stereocenters. The van der Waals surface area contributed by atoms with E-state index >= 15 is 0 Å². The van der Waals surface area contributed by atoms with E-state index in [2.05, 4.69) is 5.10 Å². The number of benzene rings is 2. The van der Waals surface area contributed by atoms with Crippen molar-refractivity contribution >= 4 is 21.9 Å². The summed E-state index contributed by atoms with van der Waals surface area (Å²) in [6.07, 6.45) is 1.11. The van der Waals surface area contributed by atoms with Crippen molar-refractivity contribution in [3.63, 3.8) is 0 Å². The molecule has 0 amide bonds. The number of nitro benzene ring substituents is 1. The molecule has 12 heteroatoms. The van der Waals surface area contributed by atoms with Crippen LogP contribution >= 0.6 is 0 Å². The van der Waals surface area contributed by atoms with Crippen LogP contribution in [0.25, 0.3) is 0 Å². The topological polar surface area (TPSA) is 139 Å². The number of nitrogens with zero attached hydrogens (tertiary/aromatic N) is 2. The van der Waals surface area contributed by atoms with E-state index in [1.165, 1.54) is 45.6 Å². The van der Waals surface area contributed by atoms with Gasteiger partial charge in [-0.2, -0.15) is 18.4 Å². The normalized spacial score (nSPS) is 11.2. The van der Waals surface area contributed by atoms with Crippen molar-refractivity contribution < 1.29 is 32.3 Å². The van der Waals surface area contributed by atoms with Crippen LogP contribution in [-0.2, 0) is 10.0 Å². The van der Waals surface area contributed by atoms with Gasteiger partial charge in [-0.1, -0.05) is 0 Å². The van der Waals surface area contributed by atoms with Gasteiger partial charge in [0, 0.05) is 17.7 Å². The lowest BCUT2D eigenvalue weighted by Gasteiger charge is -2.11. The molecule has 2 aromatic carbocycles. The van der Waals surface area contributed by atoms with E-state index in [4.69, 9.17) is 18.9 Å². The van der Waals surface area contributed by atoms with E-state index in [1.807, 2.05) is 4.83 Å². The molecule has 0 fully saturated rings. The molecule has 0 bridgehead atoms. The van der Waals surface area contributed by atoms with Gasteiger partial charge in [0.2, 0.25) is 5.75 Å². The van der Waals surface area contributed by atoms with Gasteiger partial charge in [-0.05, 0) is 25.1 Å². The SMILES string of the molecule is CCOc1cc(/C=N/NS(=O)(=O)c2cc(OC)ccc2OC)cc([N+](=O)[O-])c1OC. The highest BCUT2D eigenvalue weighted by molar-refractivity contribution is 7.89. The molecular formula is C18H21N3O8S. The Kier molecular flexibility index (Phi) is 7.42. The maximum absolute atomic E-state index is 12.6. The number of hydrogen-bond acceptors (Lipinski definition) is 9. The zero-order valence-corrected chi connectivity index (χ0v) is 17.6. The first-order valence-electron chi connectivity index (χ1n) is 8.53. The molecule has 0 saturated carbocycles. The second-order valence-electron chi connectivity index (χ2n) is 5.63. The molecule has 11 nitrogen and oxygen atoms in total. The van der Waals surface area contributed by atoms with Crippen LogP contribution < -0.4 is 23.8 Å². The quantitative estimate of drug-likeness (QED) is 0.338. The number of hydrogen-bond donors (Lipinski definition) is 1. The van der Waals surface area contributed by atoms with Crippen molar-refractivity contribution in [2.75, 3.05) is 27.9 Å². The molecule has 0 aliphatic carbocycles. The lowest BCUT2D eigenvalue weighted by Crippen LogP contribution is -2.19. The first-order valence-corrected chi connectivity index (χ1v) is 10.0. The third-order valence-corrected chi connectivity index (χ3v) is 5.05. The van der Waals surface area contributed by atoms with Crippen LogP contribution in [0, 0.1) is 10.1 Å². The van der Waals surface area contributed by atoms with Crippen LogP contribution in [0.5, 0.6) is 23.0 Å². The molecule has 0 aromatic heterocycles. The van der Waals surface area contributed by atoms with Crippen molar-refractivity contribution in [1.29, 1.82) is 0 Å². The Labute approximate surface area is 173 Å². The van der Waals surface area contributed by atoms with Crippen molar-refractivity contribution in [3.05, 3.63) is 46.0 Å². The van der Waals surface area contributed by atoms with Crippen LogP contribution in [0.1, 0.15) is 12.5 Å². The highest BCUT2D eigenvalue weighted by atomic mass is 32.2. The highest BCUT2D eigenvalue weighted by Crippen LogP contribution is 2.37. The molecule has 2 rings (SSSR count). The predicted octanol–water partition coefficient (Wildman–Crippen LogP) is 2.33. The lowest BCUT2D eigenvalue weighted by atomic mass is 10.2. The van der Waals surface area contributed by atoms with Crippen LogP contribution in [-0.4, -0.2) is 47.5 Å². The van der Waals surface area contributed by atoms with Crippen molar-refractivity contribution in [3.8, 4) is 23.0 Å². The van der Waals surface area contributed by atoms with Gasteiger partial charge < -0.3 is 18.9 Å². The first kappa shape index (κ1) is 22.7. The average Bonchev–Trinajstić information content (AvgIpc) is 2.73. The predicted molar refractivity (Wildman–Crippen MR) is 108 cm³/mol. The number of hydrazone groups is 1. The summed E-state index contributed by atoms with van der Waals surface area (Å²) in [4.78, 5) is 12.6. The number of nitrogens with one attached hydrogen (secondary N) is 1. The summed E-state index contributed by atoms with van der Waals surface area (Å²) in [5.74, 6) is 0.498. The zero-order valence-electron chi connectivity index (χ0n) is 16.7. The zero-order chi connectivity index (χ0) is 22.3. The molecule has 0 saturated heterocycles. The molecule has 1 N–H and O–H groups in total. The molecule has 0 spiro atoms. The van der Waals surface area contributed by atoms with Crippen molar-refractivity contribution in [2.45, 2.75) is 11.8 Å². The van der Waals surface area contributed by atoms with E-state index in [1.54, 1.807) is 13.0 Å². The minimum Gasteiger partial charge on any atom is -0.497 e. The minimum absolute atomic E-state index is 0.0410. The Morgan fingerprint density at radius 2 is 1.83 bits per heavy atom. The van der Waals surface area contributed by atoms with Gasteiger partial charge in [0.05, 0.1) is 39.1 Å². The summed E-state index contributed by atoms with van der Waals surface area (Å²) in [6, 6.07) is 6.90. The largest absolute Gasteiger partial charge is 0.497 e. The van der Waals surface area contributed by atoms with Crippen LogP contribution in [0.4, 0.5) is 5.69 Å². The van der Waals surface area contributed by atoms with Gasteiger partial charge in [-0.3, -0.25) is 10.1 Å². The second kappa shape index (κ2) is 9.78. The van der Waals surface area contributed by atoms with Gasteiger partial charge in [0.15, 0.2) is 5.75 Å². The van der Waals surface area contributed by atoms with Crippen LogP contribution in [0.2, 0.25) is 0 Å². The van der Waals surface area contributed by atoms with Gasteiger partial charge in [0.1, 0.15) is 16.4 Å². The smallest absolute Gasteiger partial charge is 0.315 e. The lowest BCUT2D eigenvalue weighted by molar-refractivity contribution is -0.385. The number of ether oxygens (including phenoxy) is 4. The van der Waals surface area contributed by atoms with Crippen molar-refractivity contribution in [1.82, 2.24) is 4.83 Å². The maximum Gasteiger partial charge on any atom is 0.315 e. The molecule has 162 valence electrons. The average molecular weight is 439 g/mol. The minimum atomic E-state index is -4.11. The molecular weight excluding hydrogens is 418 g/mol. The summed E-state index contributed by atoms with van der Waals surface area (Å²) in [6.45, 7) is 1.96. The molecule has 0 heterocycles. The molecule has 0 radical (unpaired) electrons. The molecule has 0 atom stereocenters. The number of nitro groups is 1. The third kappa shape index (κ3) is 5.08. The molecule has 0 aliphatic heterocycles. The van der Waals surface area contributed by atoms with E-state index in [9.17, 15) is 18.5 Å². The standard InChI is InChI=1S/C18H21N3O8S/c1-5-29-16-9-12(8-14(21(22)23)18(16)28-4)11-19-20-30(24,25)17-10-13(26-2)6-7-15(17)27-3/h6-11,20H,5H2,1-4H3/b19-11+. The second-order valence-corrected chi connectivity index (χ2v) is 7.26. The first-order chi connectivity index (χ1) is 14.3. The van der Waals surface area contributed by atoms with Gasteiger partial charge >= 0.3 is 5.69 Å². The van der Waals surface area contributed by atoms with E-state index < -0.39 is 14.9 Å². The summed E-state index contributed by atoms with van der Waals surface area (Å²) < 4.78 is 45.8. The summed E-state index contributed by atoms with van der Waals surface area (Å²) in [5, 5.41) is 15.0. The number of methoxy groups -OCH3 is 3. The Balaban J connectivity index is 2.37. The summed E-state index contributed by atoms with van der Waals surface area (Å²) in [5.41, 5.74) is -0.117. The number of rotatable bonds is 10. The monoisotopic (exact) mass is 439 g/mol. The highest BCUT2D eigenvalue weighted by Gasteiger charge is 2.22. The summed E-state index contributed by atoms with van der Waals surface area (Å²) >= 11 is 0. The summed E-state index contributed by atoms with van der Waals surface area (Å²) in [7, 11) is -0.0938. The van der Waals surface area contributed by atoms with Gasteiger partial charge in [-0.25, -0.2) is 0 Å². The third-order valence-electron chi connectivity index (χ3n) is 3.81. The molecule has 2 aromatic rings. The molecule has 0 aliphatic rings. The van der Waals surface area contributed by atoms with Gasteiger partial charge in [0.25, 0.3) is 10.0 Å². The Morgan fingerprint density at radius 3 is 2.40 bits per heavy atom. The van der Waals surface area contributed by atoms with E-state index in [-0.39, 0.29) is 40.0 Å². The van der Waals surface area contributed by atoms with Crippen LogP contribution in [0.3, 0.4) is 0 Å². The fraction of sp³-hybridized carbons (Fsp3) is 0.278. The van der Waals surface area contributed by atoms with Crippen molar-refractivity contribution in [2.24, 2.45) is 5.10 Å². The molecule has 30 heavy (non-hydrogen) atoms.